The van der Waals surface area contributed by atoms with Gasteiger partial charge in [0, 0.05) is 24.1 Å². The molecule has 1 aliphatic rings. The molecule has 0 saturated heterocycles. The summed E-state index contributed by atoms with van der Waals surface area (Å²) in [5, 5.41) is 5.72. The van der Waals surface area contributed by atoms with Gasteiger partial charge in [-0.15, -0.1) is 0 Å². The third-order valence-electron chi connectivity index (χ3n) is 5.29. The monoisotopic (exact) mass is 456 g/mol. The maximum atomic E-state index is 13.4. The zero-order chi connectivity index (χ0) is 22.0. The van der Waals surface area contributed by atoms with Crippen LogP contribution in [0, 0.1) is 5.82 Å². The molecule has 0 fully saturated rings. The molecule has 4 rings (SSSR count). The second-order valence-electron chi connectivity index (χ2n) is 7.37. The zero-order valence-electron chi connectivity index (χ0n) is 16.2. The van der Waals surface area contributed by atoms with Crippen molar-refractivity contribution < 1.29 is 18.2 Å². The minimum atomic E-state index is -1.64. The van der Waals surface area contributed by atoms with Gasteiger partial charge in [0.2, 0.25) is 0 Å². The van der Waals surface area contributed by atoms with Crippen molar-refractivity contribution in [1.29, 1.82) is 0 Å². The van der Waals surface area contributed by atoms with E-state index in [1.807, 2.05) is 24.3 Å². The Balaban J connectivity index is 1.61. The fourth-order valence-electron chi connectivity index (χ4n) is 3.71. The van der Waals surface area contributed by atoms with E-state index in [1.165, 1.54) is 24.3 Å². The van der Waals surface area contributed by atoms with Crippen molar-refractivity contribution in [2.75, 3.05) is 5.32 Å². The second kappa shape index (κ2) is 8.61. The van der Waals surface area contributed by atoms with Crippen LogP contribution in [-0.2, 0) is 27.6 Å². The van der Waals surface area contributed by atoms with Gasteiger partial charge in [-0.05, 0) is 70.3 Å². The molecule has 158 valence electrons. The van der Waals surface area contributed by atoms with Crippen molar-refractivity contribution in [3.8, 4) is 0 Å². The smallest absolute Gasteiger partial charge is 0.252 e. The molecule has 1 atom stereocenters. The lowest BCUT2D eigenvalue weighted by Gasteiger charge is -2.29. The minimum Gasteiger partial charge on any atom is -0.337 e. The standard InChI is InChI=1S/C23H18ClFN2O3S/c24-31(30)20-11-9-19(10-12-20)26-22(29)23(13-16-3-1-2-4-17(16)14-23)27-21(28)15-5-7-18(25)8-6-15/h1-12H,13-14H2,(H,26,29)(H,27,28). The van der Waals surface area contributed by atoms with E-state index in [2.05, 4.69) is 10.6 Å². The van der Waals surface area contributed by atoms with E-state index in [-0.39, 0.29) is 11.5 Å². The van der Waals surface area contributed by atoms with E-state index in [1.54, 1.807) is 24.3 Å². The first-order valence-corrected chi connectivity index (χ1v) is 11.5. The largest absolute Gasteiger partial charge is 0.337 e. The van der Waals surface area contributed by atoms with Gasteiger partial charge in [0.05, 0.1) is 4.90 Å². The predicted octanol–water partition coefficient (Wildman–Crippen LogP) is 3.99. The van der Waals surface area contributed by atoms with Crippen LogP contribution in [0.3, 0.4) is 0 Å². The van der Waals surface area contributed by atoms with E-state index in [0.29, 0.717) is 23.4 Å². The molecule has 2 N–H and O–H groups in total. The number of hydrogen-bond acceptors (Lipinski definition) is 3. The van der Waals surface area contributed by atoms with Crippen molar-refractivity contribution in [2.45, 2.75) is 23.3 Å². The lowest BCUT2D eigenvalue weighted by Crippen LogP contribution is -2.57. The summed E-state index contributed by atoms with van der Waals surface area (Å²) in [5.74, 6) is -1.28. The number of carbonyl (C=O) groups is 2. The summed E-state index contributed by atoms with van der Waals surface area (Å²) in [4.78, 5) is 26.7. The molecule has 0 aromatic heterocycles. The Morgan fingerprint density at radius 1 is 0.903 bits per heavy atom. The number of benzene rings is 3. The number of nitrogens with one attached hydrogen (secondary N) is 2. The minimum absolute atomic E-state index is 0.262. The Labute approximate surface area is 185 Å². The molecule has 1 unspecified atom stereocenters. The number of rotatable bonds is 5. The van der Waals surface area contributed by atoms with Crippen molar-refractivity contribution in [3.63, 3.8) is 0 Å². The normalized spacial score (nSPS) is 15.0. The van der Waals surface area contributed by atoms with Crippen molar-refractivity contribution in [2.24, 2.45) is 0 Å². The molecule has 3 aromatic rings. The van der Waals surface area contributed by atoms with Crippen LogP contribution in [0.2, 0.25) is 0 Å². The predicted molar refractivity (Wildman–Crippen MR) is 118 cm³/mol. The number of carbonyl (C=O) groups excluding carboxylic acids is 2. The maximum Gasteiger partial charge on any atom is 0.252 e. The van der Waals surface area contributed by atoms with Gasteiger partial charge in [-0.25, -0.2) is 8.60 Å². The van der Waals surface area contributed by atoms with Crippen LogP contribution < -0.4 is 10.6 Å². The van der Waals surface area contributed by atoms with Crippen LogP contribution in [0.4, 0.5) is 10.1 Å². The van der Waals surface area contributed by atoms with Gasteiger partial charge < -0.3 is 10.6 Å². The fourth-order valence-corrected chi connectivity index (χ4v) is 4.37. The average molecular weight is 457 g/mol. The van der Waals surface area contributed by atoms with Gasteiger partial charge in [-0.3, -0.25) is 9.59 Å². The van der Waals surface area contributed by atoms with Gasteiger partial charge in [0.15, 0.2) is 0 Å². The highest BCUT2D eigenvalue weighted by atomic mass is 35.7. The topological polar surface area (TPSA) is 75.3 Å². The first kappa shape index (κ1) is 21.2. The van der Waals surface area contributed by atoms with E-state index >= 15 is 0 Å². The molecule has 0 heterocycles. The molecule has 8 heteroatoms. The summed E-state index contributed by atoms with van der Waals surface area (Å²) >= 11 is 0. The van der Waals surface area contributed by atoms with Crippen LogP contribution in [0.25, 0.3) is 0 Å². The third kappa shape index (κ3) is 4.52. The lowest BCUT2D eigenvalue weighted by molar-refractivity contribution is -0.121. The van der Waals surface area contributed by atoms with E-state index in [4.69, 9.17) is 10.7 Å². The van der Waals surface area contributed by atoms with Gasteiger partial charge in [-0.2, -0.15) is 0 Å². The van der Waals surface area contributed by atoms with Crippen LogP contribution >= 0.6 is 10.7 Å². The highest BCUT2D eigenvalue weighted by molar-refractivity contribution is 8.08. The Morgan fingerprint density at radius 2 is 1.48 bits per heavy atom. The lowest BCUT2D eigenvalue weighted by atomic mass is 9.93. The molecule has 0 aliphatic heterocycles. The first-order chi connectivity index (χ1) is 14.9. The number of anilines is 1. The van der Waals surface area contributed by atoms with Gasteiger partial charge in [-0.1, -0.05) is 24.3 Å². The molecule has 0 bridgehead atoms. The molecule has 5 nitrogen and oxygen atoms in total. The van der Waals surface area contributed by atoms with Gasteiger partial charge in [0.1, 0.15) is 21.4 Å². The molecule has 0 spiro atoms. The molecule has 0 radical (unpaired) electrons. The first-order valence-electron chi connectivity index (χ1n) is 9.51. The molecular formula is C23H18ClFN2O3S. The summed E-state index contributed by atoms with van der Waals surface area (Å²) in [6.45, 7) is 0. The number of fused-ring (bicyclic) bond motifs is 1. The highest BCUT2D eigenvalue weighted by Gasteiger charge is 2.45. The summed E-state index contributed by atoms with van der Waals surface area (Å²) in [6, 6.07) is 19.1. The van der Waals surface area contributed by atoms with Crippen molar-refractivity contribution in [3.05, 3.63) is 95.3 Å². The van der Waals surface area contributed by atoms with Crippen LogP contribution in [0.15, 0.2) is 77.7 Å². The fraction of sp³-hybridized carbons (Fsp3) is 0.130. The zero-order valence-corrected chi connectivity index (χ0v) is 17.8. The summed E-state index contributed by atoms with van der Waals surface area (Å²) < 4.78 is 24.6. The van der Waals surface area contributed by atoms with Crippen molar-refractivity contribution >= 4 is 38.2 Å². The summed E-state index contributed by atoms with van der Waals surface area (Å²) in [6.07, 6.45) is 0.650. The van der Waals surface area contributed by atoms with Gasteiger partial charge >= 0.3 is 0 Å². The van der Waals surface area contributed by atoms with E-state index in [9.17, 15) is 18.2 Å². The molecule has 1 aliphatic carbocycles. The van der Waals surface area contributed by atoms with Crippen LogP contribution in [0.5, 0.6) is 0 Å². The molecule has 31 heavy (non-hydrogen) atoms. The second-order valence-corrected chi connectivity index (χ2v) is 9.13. The van der Waals surface area contributed by atoms with Crippen molar-refractivity contribution in [1.82, 2.24) is 5.32 Å². The molecule has 0 saturated carbocycles. The summed E-state index contributed by atoms with van der Waals surface area (Å²) in [7, 11) is 3.94. The SMILES string of the molecule is O=C(NC1(C(=O)Nc2ccc(S(=O)Cl)cc2)Cc2ccccc2C1)c1ccc(F)cc1. The molecule has 2 amide bonds. The molecule has 3 aromatic carbocycles. The number of amides is 2. The third-order valence-corrected chi connectivity index (χ3v) is 6.47. The average Bonchev–Trinajstić information content (AvgIpc) is 3.14. The van der Waals surface area contributed by atoms with Crippen LogP contribution in [-0.4, -0.2) is 21.6 Å². The Hall–Kier alpha value is -3.03. The van der Waals surface area contributed by atoms with E-state index in [0.717, 1.165) is 11.1 Å². The maximum absolute atomic E-state index is 13.4. The highest BCUT2D eigenvalue weighted by Crippen LogP contribution is 2.32. The molecular weight excluding hydrogens is 439 g/mol. The Morgan fingerprint density at radius 3 is 2.03 bits per heavy atom. The van der Waals surface area contributed by atoms with Gasteiger partial charge in [0.25, 0.3) is 11.8 Å². The Bertz CT molecular complexity index is 1140. The Kier molecular flexibility index (Phi) is 5.89. The summed E-state index contributed by atoms with van der Waals surface area (Å²) in [5.41, 5.74) is 1.50. The van der Waals surface area contributed by atoms with E-state index < -0.39 is 27.3 Å². The van der Waals surface area contributed by atoms with Crippen LogP contribution in [0.1, 0.15) is 21.5 Å². The number of hydrogen-bond donors (Lipinski definition) is 2. The number of halogens is 2. The quantitative estimate of drug-likeness (QED) is 0.570.